The van der Waals surface area contributed by atoms with Gasteiger partial charge in [-0.1, -0.05) is 33.1 Å². The minimum atomic E-state index is 0.367. The Bertz CT molecular complexity index is 256. The molecule has 0 aliphatic rings. The summed E-state index contributed by atoms with van der Waals surface area (Å²) in [5, 5.41) is 3.63. The first kappa shape index (κ1) is 13.3. The van der Waals surface area contributed by atoms with Crippen LogP contribution in [0.2, 0.25) is 0 Å². The van der Waals surface area contributed by atoms with Gasteiger partial charge in [-0.3, -0.25) is 0 Å². The molecule has 1 N–H and O–H groups in total. The average molecular weight is 223 g/mol. The minimum absolute atomic E-state index is 0.367. The second-order valence-electron chi connectivity index (χ2n) is 4.54. The van der Waals surface area contributed by atoms with Gasteiger partial charge in [0.25, 0.3) is 0 Å². The molecule has 2 atom stereocenters. The molecular formula is C14H25NO. The zero-order valence-electron chi connectivity index (χ0n) is 10.8. The zero-order valence-corrected chi connectivity index (χ0v) is 10.8. The molecule has 0 spiro atoms. The normalized spacial score (nSPS) is 14.9. The molecule has 0 saturated heterocycles. The summed E-state index contributed by atoms with van der Waals surface area (Å²) < 4.78 is 5.45. The first-order valence-electron chi connectivity index (χ1n) is 6.57. The van der Waals surface area contributed by atoms with E-state index in [4.69, 9.17) is 4.42 Å². The van der Waals surface area contributed by atoms with E-state index in [-0.39, 0.29) is 0 Å². The summed E-state index contributed by atoms with van der Waals surface area (Å²) in [4.78, 5) is 0. The molecule has 1 aromatic heterocycles. The fourth-order valence-electron chi connectivity index (χ4n) is 2.02. The molecule has 1 rings (SSSR count). The van der Waals surface area contributed by atoms with Crippen molar-refractivity contribution in [3.63, 3.8) is 0 Å². The Morgan fingerprint density at radius 1 is 1.31 bits per heavy atom. The van der Waals surface area contributed by atoms with Crippen molar-refractivity contribution in [3.05, 3.63) is 24.2 Å². The van der Waals surface area contributed by atoms with E-state index in [1.54, 1.807) is 6.26 Å². The fraction of sp³-hybridized carbons (Fsp3) is 0.714. The van der Waals surface area contributed by atoms with Gasteiger partial charge in [-0.2, -0.15) is 0 Å². The highest BCUT2D eigenvalue weighted by Crippen LogP contribution is 2.18. The molecule has 2 unspecified atom stereocenters. The molecule has 0 aliphatic carbocycles. The maximum Gasteiger partial charge on any atom is 0.120 e. The van der Waals surface area contributed by atoms with Gasteiger partial charge < -0.3 is 9.73 Å². The summed E-state index contributed by atoms with van der Waals surface area (Å²) in [6.45, 7) is 6.70. The van der Waals surface area contributed by atoms with E-state index >= 15 is 0 Å². The molecule has 2 nitrogen and oxygen atoms in total. The van der Waals surface area contributed by atoms with Crippen LogP contribution in [0, 0.1) is 0 Å². The third-order valence-corrected chi connectivity index (χ3v) is 3.02. The lowest BCUT2D eigenvalue weighted by molar-refractivity contribution is 0.359. The van der Waals surface area contributed by atoms with Crippen LogP contribution < -0.4 is 5.32 Å². The van der Waals surface area contributed by atoms with Gasteiger partial charge in [0.1, 0.15) is 5.76 Å². The van der Waals surface area contributed by atoms with Gasteiger partial charge >= 0.3 is 0 Å². The molecule has 0 fully saturated rings. The van der Waals surface area contributed by atoms with Crippen molar-refractivity contribution in [1.82, 2.24) is 5.32 Å². The van der Waals surface area contributed by atoms with Crippen molar-refractivity contribution in [1.29, 1.82) is 0 Å². The lowest BCUT2D eigenvalue weighted by atomic mass is 10.1. The molecule has 92 valence electrons. The van der Waals surface area contributed by atoms with E-state index in [1.165, 1.54) is 25.7 Å². The Balaban J connectivity index is 2.33. The molecule has 0 aliphatic heterocycles. The third kappa shape index (κ3) is 4.40. The van der Waals surface area contributed by atoms with Crippen LogP contribution >= 0.6 is 0 Å². The van der Waals surface area contributed by atoms with Gasteiger partial charge in [-0.15, -0.1) is 0 Å². The van der Waals surface area contributed by atoms with Crippen molar-refractivity contribution in [3.8, 4) is 0 Å². The van der Waals surface area contributed by atoms with Crippen LogP contribution in [0.1, 0.15) is 64.7 Å². The summed E-state index contributed by atoms with van der Waals surface area (Å²) in [5.74, 6) is 1.06. The second kappa shape index (κ2) is 7.50. The standard InChI is InChI=1S/C14H25NO/c1-4-6-7-9-12(3)15-13(5-2)14-10-8-11-16-14/h8,10-13,15H,4-7,9H2,1-3H3. The molecule has 1 heterocycles. The highest BCUT2D eigenvalue weighted by molar-refractivity contribution is 5.04. The quantitative estimate of drug-likeness (QED) is 0.665. The van der Waals surface area contributed by atoms with Crippen molar-refractivity contribution in [2.45, 2.75) is 65.0 Å². The largest absolute Gasteiger partial charge is 0.468 e. The van der Waals surface area contributed by atoms with Gasteiger partial charge in [0.15, 0.2) is 0 Å². The van der Waals surface area contributed by atoms with E-state index in [2.05, 4.69) is 32.2 Å². The Labute approximate surface area is 99.4 Å². The molecule has 2 heteroatoms. The summed E-state index contributed by atoms with van der Waals surface area (Å²) in [6.07, 6.45) is 8.03. The van der Waals surface area contributed by atoms with Gasteiger partial charge in [0.05, 0.1) is 12.3 Å². The van der Waals surface area contributed by atoms with Gasteiger partial charge in [-0.05, 0) is 31.9 Å². The molecule has 0 bridgehead atoms. The third-order valence-electron chi connectivity index (χ3n) is 3.02. The summed E-state index contributed by atoms with van der Waals surface area (Å²) in [5.41, 5.74) is 0. The maximum atomic E-state index is 5.45. The number of unbranched alkanes of at least 4 members (excludes halogenated alkanes) is 2. The Morgan fingerprint density at radius 2 is 2.12 bits per heavy atom. The number of furan rings is 1. The van der Waals surface area contributed by atoms with Crippen molar-refractivity contribution >= 4 is 0 Å². The second-order valence-corrected chi connectivity index (χ2v) is 4.54. The first-order valence-corrected chi connectivity index (χ1v) is 6.57. The van der Waals surface area contributed by atoms with Crippen LogP contribution in [0.3, 0.4) is 0 Å². The van der Waals surface area contributed by atoms with Crippen LogP contribution in [0.25, 0.3) is 0 Å². The smallest absolute Gasteiger partial charge is 0.120 e. The molecular weight excluding hydrogens is 198 g/mol. The van der Waals surface area contributed by atoms with Gasteiger partial charge in [0, 0.05) is 6.04 Å². The van der Waals surface area contributed by atoms with Crippen LogP contribution in [0.5, 0.6) is 0 Å². The van der Waals surface area contributed by atoms with Crippen LogP contribution in [-0.4, -0.2) is 6.04 Å². The van der Waals surface area contributed by atoms with E-state index < -0.39 is 0 Å². The van der Waals surface area contributed by atoms with E-state index in [0.717, 1.165) is 12.2 Å². The number of hydrogen-bond acceptors (Lipinski definition) is 2. The highest BCUT2D eigenvalue weighted by atomic mass is 16.3. The molecule has 0 aromatic carbocycles. The number of hydrogen-bond donors (Lipinski definition) is 1. The lowest BCUT2D eigenvalue weighted by Gasteiger charge is -2.20. The molecule has 0 radical (unpaired) electrons. The minimum Gasteiger partial charge on any atom is -0.468 e. The molecule has 0 saturated carbocycles. The SMILES string of the molecule is CCCCCC(C)NC(CC)c1ccco1. The van der Waals surface area contributed by atoms with Gasteiger partial charge in [0.2, 0.25) is 0 Å². The van der Waals surface area contributed by atoms with Crippen LogP contribution in [0.15, 0.2) is 22.8 Å². The van der Waals surface area contributed by atoms with Crippen molar-refractivity contribution < 1.29 is 4.42 Å². The maximum absolute atomic E-state index is 5.45. The van der Waals surface area contributed by atoms with Crippen LogP contribution in [0.4, 0.5) is 0 Å². The van der Waals surface area contributed by atoms with Gasteiger partial charge in [-0.25, -0.2) is 0 Å². The fourth-order valence-corrected chi connectivity index (χ4v) is 2.02. The van der Waals surface area contributed by atoms with E-state index in [9.17, 15) is 0 Å². The summed E-state index contributed by atoms with van der Waals surface area (Å²) >= 11 is 0. The molecule has 0 amide bonds. The Morgan fingerprint density at radius 3 is 2.69 bits per heavy atom. The molecule has 16 heavy (non-hydrogen) atoms. The predicted octanol–water partition coefficient (Wildman–Crippen LogP) is 4.29. The number of rotatable bonds is 8. The predicted molar refractivity (Wildman–Crippen MR) is 68.5 cm³/mol. The Kier molecular flexibility index (Phi) is 6.24. The summed E-state index contributed by atoms with van der Waals surface area (Å²) in [6, 6.07) is 4.95. The number of nitrogens with one attached hydrogen (secondary N) is 1. The highest BCUT2D eigenvalue weighted by Gasteiger charge is 2.14. The van der Waals surface area contributed by atoms with Crippen LogP contribution in [-0.2, 0) is 0 Å². The van der Waals surface area contributed by atoms with E-state index in [1.807, 2.05) is 6.07 Å². The van der Waals surface area contributed by atoms with Crippen molar-refractivity contribution in [2.24, 2.45) is 0 Å². The lowest BCUT2D eigenvalue weighted by Crippen LogP contribution is -2.29. The topological polar surface area (TPSA) is 25.2 Å². The zero-order chi connectivity index (χ0) is 11.8. The Hall–Kier alpha value is -0.760. The first-order chi connectivity index (χ1) is 7.77. The average Bonchev–Trinajstić information content (AvgIpc) is 2.79. The monoisotopic (exact) mass is 223 g/mol. The molecule has 1 aromatic rings. The van der Waals surface area contributed by atoms with E-state index in [0.29, 0.717) is 12.1 Å². The van der Waals surface area contributed by atoms with Crippen molar-refractivity contribution in [2.75, 3.05) is 0 Å². The summed E-state index contributed by atoms with van der Waals surface area (Å²) in [7, 11) is 0.